The molecular weight excluding hydrogens is 585 g/mol. The molecule has 3 aromatic rings. The van der Waals surface area contributed by atoms with E-state index in [-0.39, 0.29) is 43.3 Å². The predicted molar refractivity (Wildman–Crippen MR) is 164 cm³/mol. The summed E-state index contributed by atoms with van der Waals surface area (Å²) >= 11 is 0. The zero-order valence-corrected chi connectivity index (χ0v) is 26.5. The summed E-state index contributed by atoms with van der Waals surface area (Å²) in [7, 11) is 1.61. The van der Waals surface area contributed by atoms with Gasteiger partial charge in [0.25, 0.3) is 0 Å². The van der Waals surface area contributed by atoms with Crippen molar-refractivity contribution in [2.24, 2.45) is 11.8 Å². The molecule has 8 nitrogen and oxygen atoms in total. The summed E-state index contributed by atoms with van der Waals surface area (Å²) in [5.41, 5.74) is 1.29. The highest BCUT2D eigenvalue weighted by Gasteiger charge is 2.57. The van der Waals surface area contributed by atoms with Gasteiger partial charge in [-0.05, 0) is 88.9 Å². The number of ether oxygens (including phenoxy) is 1. The van der Waals surface area contributed by atoms with Gasteiger partial charge in [-0.2, -0.15) is 13.2 Å². The number of benzene rings is 2. The molecule has 2 N–H and O–H groups in total. The smallest absolute Gasteiger partial charge is 0.416 e. The van der Waals surface area contributed by atoms with Crippen LogP contribution in [0, 0.1) is 11.8 Å². The molecule has 0 radical (unpaired) electrons. The van der Waals surface area contributed by atoms with E-state index in [1.165, 1.54) is 12.1 Å². The van der Waals surface area contributed by atoms with Gasteiger partial charge in [0.1, 0.15) is 5.75 Å². The van der Waals surface area contributed by atoms with Gasteiger partial charge in [-0.15, -0.1) is 0 Å². The molecule has 5 rings (SSSR count). The fourth-order valence-corrected chi connectivity index (χ4v) is 7.32. The number of hydrogen-bond acceptors (Lipinski definition) is 4. The molecule has 0 aliphatic carbocycles. The summed E-state index contributed by atoms with van der Waals surface area (Å²) in [6, 6.07) is 10.4. The molecule has 2 aliphatic rings. The minimum atomic E-state index is -4.49. The third-order valence-electron chi connectivity index (χ3n) is 9.42. The fraction of sp³-hybridized carbons (Fsp3) is 0.500. The topological polar surface area (TPSA) is 94.7 Å². The van der Waals surface area contributed by atoms with Crippen molar-refractivity contribution in [2.45, 2.75) is 84.2 Å². The number of carbonyl (C=O) groups is 3. The average molecular weight is 627 g/mol. The minimum Gasteiger partial charge on any atom is -0.497 e. The molecule has 3 heterocycles. The van der Waals surface area contributed by atoms with E-state index < -0.39 is 35.0 Å². The second kappa shape index (κ2) is 12.1. The lowest BCUT2D eigenvalue weighted by Gasteiger charge is -2.54. The van der Waals surface area contributed by atoms with Gasteiger partial charge >= 0.3 is 6.18 Å². The number of fused-ring (bicyclic) bond motifs is 5. The van der Waals surface area contributed by atoms with Crippen molar-refractivity contribution in [3.05, 3.63) is 64.8 Å². The zero-order chi connectivity index (χ0) is 32.8. The van der Waals surface area contributed by atoms with Crippen LogP contribution in [-0.4, -0.2) is 58.2 Å². The second-order valence-corrected chi connectivity index (χ2v) is 12.9. The third kappa shape index (κ3) is 5.89. The minimum absolute atomic E-state index is 0.0848. The number of aromatic amines is 1. The number of halogens is 3. The number of piperidine rings is 1. The molecule has 3 amide bonds. The molecule has 1 saturated heterocycles. The first-order valence-corrected chi connectivity index (χ1v) is 15.4. The lowest BCUT2D eigenvalue weighted by atomic mass is 9.67. The van der Waals surface area contributed by atoms with Crippen molar-refractivity contribution < 1.29 is 32.3 Å². The first-order valence-electron chi connectivity index (χ1n) is 15.4. The van der Waals surface area contributed by atoms with E-state index in [1.54, 1.807) is 12.0 Å². The largest absolute Gasteiger partial charge is 0.497 e. The Labute approximate surface area is 261 Å². The van der Waals surface area contributed by atoms with E-state index in [0.717, 1.165) is 34.3 Å². The highest BCUT2D eigenvalue weighted by Crippen LogP contribution is 2.50. The highest BCUT2D eigenvalue weighted by molar-refractivity contribution is 5.93. The molecule has 0 spiro atoms. The number of nitrogens with one attached hydrogen (secondary N) is 2. The molecule has 2 aliphatic heterocycles. The third-order valence-corrected chi connectivity index (χ3v) is 9.42. The molecule has 0 saturated carbocycles. The molecular formula is C34H41F3N4O4. The molecule has 2 aromatic carbocycles. The number of carbonyl (C=O) groups excluding carboxylic acids is 3. The lowest BCUT2D eigenvalue weighted by Crippen LogP contribution is -2.65. The zero-order valence-electron chi connectivity index (χ0n) is 26.5. The van der Waals surface area contributed by atoms with Crippen molar-refractivity contribution in [3.63, 3.8) is 0 Å². The summed E-state index contributed by atoms with van der Waals surface area (Å²) < 4.78 is 45.0. The summed E-state index contributed by atoms with van der Waals surface area (Å²) in [5.74, 6) is -1.44. The van der Waals surface area contributed by atoms with Crippen molar-refractivity contribution in [1.82, 2.24) is 20.1 Å². The summed E-state index contributed by atoms with van der Waals surface area (Å²) in [6.07, 6.45) is -3.94. The van der Waals surface area contributed by atoms with E-state index >= 15 is 0 Å². The van der Waals surface area contributed by atoms with E-state index in [1.807, 2.05) is 57.7 Å². The van der Waals surface area contributed by atoms with Crippen LogP contribution in [0.25, 0.3) is 10.9 Å². The van der Waals surface area contributed by atoms with Gasteiger partial charge in [-0.1, -0.05) is 12.1 Å². The van der Waals surface area contributed by atoms with Crippen LogP contribution < -0.4 is 10.1 Å². The van der Waals surface area contributed by atoms with Crippen LogP contribution >= 0.6 is 0 Å². The number of methoxy groups -OCH3 is 1. The number of alkyl halides is 3. The fourth-order valence-electron chi connectivity index (χ4n) is 7.32. The average Bonchev–Trinajstić information content (AvgIpc) is 3.36. The van der Waals surface area contributed by atoms with Gasteiger partial charge in [-0.25, -0.2) is 0 Å². The standard InChI is InChI=1S/C34H41F3N4O4/c1-19(2)41(20(3)4)32(44)27-15-22(16-29(42)38-18-21-8-7-9-23(14-21)34(35,36)37)31(43)40-13-12-25-26-17-24(45-6)10-11-28(26)39-30(25)33(27,40)5/h7-11,14,17,19-20,22,27,39H,12-13,15-16,18H2,1-6H3,(H,38,42)/t22?,27-,33+/m1/s1. The van der Waals surface area contributed by atoms with E-state index in [9.17, 15) is 27.6 Å². The van der Waals surface area contributed by atoms with Crippen LogP contribution in [0.4, 0.5) is 13.2 Å². The summed E-state index contributed by atoms with van der Waals surface area (Å²) in [4.78, 5) is 48.9. The van der Waals surface area contributed by atoms with Crippen LogP contribution in [0.1, 0.15) is 69.8 Å². The van der Waals surface area contributed by atoms with Crippen molar-refractivity contribution in [3.8, 4) is 5.75 Å². The van der Waals surface area contributed by atoms with Crippen LogP contribution in [0.15, 0.2) is 42.5 Å². The molecule has 1 unspecified atom stereocenters. The van der Waals surface area contributed by atoms with Crippen molar-refractivity contribution in [2.75, 3.05) is 13.7 Å². The molecule has 242 valence electrons. The molecule has 3 atom stereocenters. The summed E-state index contributed by atoms with van der Waals surface area (Å²) in [6.45, 7) is 10.1. The molecule has 45 heavy (non-hydrogen) atoms. The Balaban J connectivity index is 1.47. The van der Waals surface area contributed by atoms with E-state index in [0.29, 0.717) is 24.3 Å². The quantitative estimate of drug-likeness (QED) is 0.331. The summed E-state index contributed by atoms with van der Waals surface area (Å²) in [5, 5.41) is 3.67. The monoisotopic (exact) mass is 626 g/mol. The van der Waals surface area contributed by atoms with E-state index in [4.69, 9.17) is 4.74 Å². The van der Waals surface area contributed by atoms with Gasteiger partial charge in [0, 0.05) is 54.1 Å². The number of amides is 3. The maximum absolute atomic E-state index is 14.5. The Morgan fingerprint density at radius 2 is 1.84 bits per heavy atom. The van der Waals surface area contributed by atoms with Crippen LogP contribution in [-0.2, 0) is 39.1 Å². The first-order chi connectivity index (χ1) is 21.2. The Kier molecular flexibility index (Phi) is 8.67. The normalized spacial score (nSPS) is 21.6. The van der Waals surface area contributed by atoms with Gasteiger partial charge in [-0.3, -0.25) is 14.4 Å². The lowest BCUT2D eigenvalue weighted by molar-refractivity contribution is -0.166. The van der Waals surface area contributed by atoms with Crippen molar-refractivity contribution >= 4 is 28.6 Å². The first kappa shape index (κ1) is 32.4. The Bertz CT molecular complexity index is 1610. The second-order valence-electron chi connectivity index (χ2n) is 12.9. The van der Waals surface area contributed by atoms with Crippen LogP contribution in [0.5, 0.6) is 5.75 Å². The van der Waals surface area contributed by atoms with Gasteiger partial charge in [0.05, 0.1) is 24.1 Å². The number of rotatable bonds is 8. The maximum Gasteiger partial charge on any atom is 0.416 e. The number of nitrogens with zero attached hydrogens (tertiary/aromatic N) is 2. The number of hydrogen-bond donors (Lipinski definition) is 2. The predicted octanol–water partition coefficient (Wildman–Crippen LogP) is 5.78. The Morgan fingerprint density at radius 3 is 2.49 bits per heavy atom. The molecule has 1 aromatic heterocycles. The van der Waals surface area contributed by atoms with Gasteiger partial charge in [0.2, 0.25) is 17.7 Å². The molecule has 0 bridgehead atoms. The number of aromatic nitrogens is 1. The van der Waals surface area contributed by atoms with Gasteiger partial charge in [0.15, 0.2) is 0 Å². The molecule has 11 heteroatoms. The Morgan fingerprint density at radius 1 is 1.13 bits per heavy atom. The number of H-pyrrole nitrogens is 1. The SMILES string of the molecule is COc1ccc2[nH]c3c(c2c1)CCN1C(=O)C(CC(=O)NCc2cccc(C(F)(F)F)c2)C[C@H](C(=O)N(C(C)C)C(C)C)[C@@]31C. The van der Waals surface area contributed by atoms with Crippen molar-refractivity contribution in [1.29, 1.82) is 0 Å². The molecule has 1 fully saturated rings. The van der Waals surface area contributed by atoms with Crippen LogP contribution in [0.2, 0.25) is 0 Å². The van der Waals surface area contributed by atoms with Crippen LogP contribution in [0.3, 0.4) is 0 Å². The van der Waals surface area contributed by atoms with Gasteiger partial charge < -0.3 is 24.8 Å². The highest BCUT2D eigenvalue weighted by atomic mass is 19.4. The van der Waals surface area contributed by atoms with E-state index in [2.05, 4.69) is 10.3 Å². The Hall–Kier alpha value is -4.02. The maximum atomic E-state index is 14.5.